The Morgan fingerprint density at radius 3 is 0.524 bits per heavy atom. The number of benzene rings is 15. The predicted octanol–water partition coefficient (Wildman–Crippen LogP) is 23.6. The lowest BCUT2D eigenvalue weighted by Gasteiger charge is -2.31. The quantitative estimate of drug-likeness (QED) is 0.0604. The van der Waals surface area contributed by atoms with Gasteiger partial charge in [0.05, 0.1) is 0 Å². The maximum atomic E-state index is 2.41. The summed E-state index contributed by atoms with van der Waals surface area (Å²) in [4.78, 5) is 9.73. The normalized spacial score (nSPS) is 11.7. The van der Waals surface area contributed by atoms with Crippen molar-refractivity contribution in [3.63, 3.8) is 0 Å². The number of hydrogen-bond acceptors (Lipinski definition) is 4. The van der Waals surface area contributed by atoms with Crippen LogP contribution in [0.25, 0.3) is 64.6 Å². The first-order valence-corrected chi connectivity index (χ1v) is 31.9. The Morgan fingerprint density at radius 2 is 0.321 bits per heavy atom. The lowest BCUT2D eigenvalue weighted by molar-refractivity contribution is 0.981. The topological polar surface area (TPSA) is 0 Å². The molecule has 15 rings (SSSR count). The van der Waals surface area contributed by atoms with Crippen LogP contribution < -0.4 is 0 Å². The van der Waals surface area contributed by atoms with Crippen LogP contribution in [0.4, 0.5) is 0 Å². The van der Waals surface area contributed by atoms with Crippen molar-refractivity contribution in [2.24, 2.45) is 0 Å². The maximum absolute atomic E-state index is 2.41. The van der Waals surface area contributed by atoms with E-state index in [0.717, 1.165) is 0 Å². The van der Waals surface area contributed by atoms with Crippen LogP contribution in [0.1, 0.15) is 45.2 Å². The Balaban J connectivity index is 1.09. The fourth-order valence-corrected chi connectivity index (χ4v) is 16.0. The van der Waals surface area contributed by atoms with Gasteiger partial charge in [-0.3, -0.25) is 0 Å². The molecule has 0 spiro atoms. The van der Waals surface area contributed by atoms with Gasteiger partial charge in [0.1, 0.15) is 0 Å². The van der Waals surface area contributed by atoms with Gasteiger partial charge in [0.15, 0.2) is 0 Å². The Labute approximate surface area is 507 Å². The summed E-state index contributed by atoms with van der Waals surface area (Å²) in [6, 6.07) is 118. The van der Waals surface area contributed by atoms with E-state index in [2.05, 4.69) is 315 Å². The molecule has 0 aliphatic carbocycles. The first-order chi connectivity index (χ1) is 41.7. The van der Waals surface area contributed by atoms with Crippen molar-refractivity contribution in [2.45, 2.75) is 51.0 Å². The maximum Gasteiger partial charge on any atom is 0.0352 e. The van der Waals surface area contributed by atoms with E-state index in [1.54, 1.807) is 0 Å². The lowest BCUT2D eigenvalue weighted by Crippen LogP contribution is -2.11. The third-order valence-electron chi connectivity index (χ3n) is 16.3. The summed E-state index contributed by atoms with van der Waals surface area (Å²) >= 11 is 7.25. The van der Waals surface area contributed by atoms with E-state index in [4.69, 9.17) is 0 Å². The molecule has 0 aliphatic rings. The van der Waals surface area contributed by atoms with Crippen LogP contribution in [-0.2, 0) is 0 Å². The molecule has 84 heavy (non-hydrogen) atoms. The van der Waals surface area contributed by atoms with Gasteiger partial charge in [0.25, 0.3) is 0 Å². The Morgan fingerprint density at radius 1 is 0.155 bits per heavy atom. The molecule has 0 N–H and O–H groups in total. The molecule has 0 bridgehead atoms. The molecule has 0 aromatic heterocycles. The van der Waals surface area contributed by atoms with E-state index in [-0.39, 0.29) is 11.8 Å². The second kappa shape index (κ2) is 23.1. The van der Waals surface area contributed by atoms with Crippen LogP contribution in [0.2, 0.25) is 0 Å². The van der Waals surface area contributed by atoms with Crippen molar-refractivity contribution in [2.75, 3.05) is 0 Å². The summed E-state index contributed by atoms with van der Waals surface area (Å²) in [5, 5.41) is 15.2. The Bertz CT molecular complexity index is 4220. The molecule has 0 aliphatic heterocycles. The van der Waals surface area contributed by atoms with Crippen molar-refractivity contribution in [3.05, 3.63) is 349 Å². The van der Waals surface area contributed by atoms with Gasteiger partial charge >= 0.3 is 0 Å². The van der Waals surface area contributed by atoms with Gasteiger partial charge in [0, 0.05) is 51.0 Å². The average Bonchev–Trinajstić information content (AvgIpc) is 1.60. The van der Waals surface area contributed by atoms with Crippen molar-refractivity contribution in [1.82, 2.24) is 0 Å². The van der Waals surface area contributed by atoms with Gasteiger partial charge < -0.3 is 0 Å². The number of fused-ring (bicyclic) bond motifs is 12. The second-order valence-electron chi connectivity index (χ2n) is 21.3. The molecule has 0 atom stereocenters. The molecule has 398 valence electrons. The second-order valence-corrected chi connectivity index (χ2v) is 25.9. The Kier molecular flexibility index (Phi) is 14.3. The van der Waals surface area contributed by atoms with Gasteiger partial charge in [-0.25, -0.2) is 0 Å². The summed E-state index contributed by atoms with van der Waals surface area (Å²) in [6.07, 6.45) is 0. The van der Waals surface area contributed by atoms with Crippen molar-refractivity contribution in [1.29, 1.82) is 0 Å². The van der Waals surface area contributed by atoms with Gasteiger partial charge in [-0.05, 0) is 195 Å². The zero-order valence-electron chi connectivity index (χ0n) is 45.8. The molecule has 0 heterocycles. The van der Waals surface area contributed by atoms with Crippen molar-refractivity contribution in [3.8, 4) is 0 Å². The van der Waals surface area contributed by atoms with Crippen LogP contribution in [-0.4, -0.2) is 0 Å². The van der Waals surface area contributed by atoms with Crippen molar-refractivity contribution < 1.29 is 0 Å². The molecular weight excluding hydrogens is 1090 g/mol. The average molecular weight is 1140 g/mol. The summed E-state index contributed by atoms with van der Waals surface area (Å²) < 4.78 is 0. The number of hydrogen-bond donors (Lipinski definition) is 0. The van der Waals surface area contributed by atoms with E-state index in [9.17, 15) is 0 Å². The zero-order chi connectivity index (χ0) is 55.8. The minimum absolute atomic E-state index is 0.188. The first-order valence-electron chi connectivity index (χ1n) is 28.6. The SMILES string of the molecule is c1ccc(Sc2ccc(C(c3ccc(Sc4ccccc4)cc3)c3c4c5ccccc5c5ccccc5c4c(C(c4ccc(Sc5ccccc5)cc4)c4ccc(Sc5ccccc5)cc4)c4c5ccccc5c5ccccc5c34)cc2)cc1. The smallest absolute Gasteiger partial charge is 0.0352 e. The molecule has 0 nitrogen and oxygen atoms in total. The monoisotopic (exact) mass is 1140 g/mol. The number of rotatable bonds is 14. The molecule has 0 radical (unpaired) electrons. The van der Waals surface area contributed by atoms with E-state index in [1.165, 1.54) is 137 Å². The molecule has 0 amide bonds. The van der Waals surface area contributed by atoms with Gasteiger partial charge in [-0.2, -0.15) is 0 Å². The largest absolute Gasteiger partial charge is 0.0901 e. The van der Waals surface area contributed by atoms with E-state index in [0.29, 0.717) is 0 Å². The minimum atomic E-state index is -0.188. The molecular formula is C80H54S4. The first kappa shape index (κ1) is 52.1. The molecule has 0 unspecified atom stereocenters. The molecule has 4 heteroatoms. The minimum Gasteiger partial charge on any atom is -0.0901 e. The van der Waals surface area contributed by atoms with Crippen LogP contribution in [0.3, 0.4) is 0 Å². The summed E-state index contributed by atoms with van der Waals surface area (Å²) in [7, 11) is 0. The van der Waals surface area contributed by atoms with Crippen LogP contribution in [0.15, 0.2) is 355 Å². The molecule has 15 aromatic carbocycles. The van der Waals surface area contributed by atoms with E-state index >= 15 is 0 Å². The highest BCUT2D eigenvalue weighted by molar-refractivity contribution is 8.00. The molecule has 0 saturated heterocycles. The predicted molar refractivity (Wildman–Crippen MR) is 361 cm³/mol. The lowest BCUT2D eigenvalue weighted by atomic mass is 9.71. The van der Waals surface area contributed by atoms with Gasteiger partial charge in [0.2, 0.25) is 0 Å². The van der Waals surface area contributed by atoms with Crippen molar-refractivity contribution >= 4 is 112 Å². The standard InChI is InChI=1S/C80H54S4/c1-5-21-57(22-6-1)81-61-45-37-53(38-46-61)73(54-39-47-62(48-40-54)82-58-23-7-2-8-24-58)79-75-69-33-17-13-29-65(69)67-31-15-19-35-71(67)77(75)80(78-72-36-20-16-32-68(72)66-30-14-18-34-70(66)76(78)79)74(55-41-49-63(50-42-55)83-59-25-9-3-10-26-59)56-43-51-64(52-44-56)84-60-27-11-4-12-28-60/h1-52,73-74H. The molecule has 0 saturated carbocycles. The third-order valence-corrected chi connectivity index (χ3v) is 20.4. The third kappa shape index (κ3) is 10.0. The molecule has 0 fully saturated rings. The van der Waals surface area contributed by atoms with E-state index in [1.807, 2.05) is 47.0 Å². The highest BCUT2D eigenvalue weighted by Crippen LogP contribution is 2.55. The van der Waals surface area contributed by atoms with Gasteiger partial charge in [-0.1, -0.05) is 265 Å². The van der Waals surface area contributed by atoms with Crippen LogP contribution in [0, 0.1) is 0 Å². The fraction of sp³-hybridized carbons (Fsp3) is 0.0250. The highest BCUT2D eigenvalue weighted by atomic mass is 32.2. The highest BCUT2D eigenvalue weighted by Gasteiger charge is 2.33. The fourth-order valence-electron chi connectivity index (χ4n) is 12.7. The van der Waals surface area contributed by atoms with Crippen LogP contribution in [0.5, 0.6) is 0 Å². The summed E-state index contributed by atoms with van der Waals surface area (Å²) in [5.41, 5.74) is 7.63. The summed E-state index contributed by atoms with van der Waals surface area (Å²) in [5.74, 6) is -0.376. The molecule has 15 aromatic rings. The van der Waals surface area contributed by atoms with Gasteiger partial charge in [-0.15, -0.1) is 0 Å². The Hall–Kier alpha value is -8.74. The summed E-state index contributed by atoms with van der Waals surface area (Å²) in [6.45, 7) is 0. The zero-order valence-corrected chi connectivity index (χ0v) is 49.1. The van der Waals surface area contributed by atoms with Crippen LogP contribution >= 0.6 is 47.0 Å². The van der Waals surface area contributed by atoms with E-state index < -0.39 is 0 Å².